The quantitative estimate of drug-likeness (QED) is 0.838. The fraction of sp³-hybridized carbons (Fsp3) is 1.00. The van der Waals surface area contributed by atoms with Crippen LogP contribution in [0.3, 0.4) is 0 Å². The Morgan fingerprint density at radius 1 is 1.19 bits per heavy atom. The normalized spacial score (nSPS) is 45.4. The van der Waals surface area contributed by atoms with Crippen LogP contribution in [0.5, 0.6) is 0 Å². The summed E-state index contributed by atoms with van der Waals surface area (Å²) in [5.74, 6) is 1.59. The molecule has 0 aromatic heterocycles. The summed E-state index contributed by atoms with van der Waals surface area (Å²) in [6.45, 7) is 8.48. The molecule has 2 unspecified atom stereocenters. The Morgan fingerprint density at radius 3 is 2.29 bits per heavy atom. The van der Waals surface area contributed by atoms with Gasteiger partial charge in [0.05, 0.1) is 5.60 Å². The lowest BCUT2D eigenvalue weighted by Crippen LogP contribution is -2.56. The first-order valence-electron chi connectivity index (χ1n) is 9.09. The van der Waals surface area contributed by atoms with E-state index in [1.54, 1.807) is 0 Å². The molecule has 122 valence electrons. The van der Waals surface area contributed by atoms with Gasteiger partial charge in [-0.15, -0.1) is 0 Å². The standard InChI is InChI=1S/C18H34N2O/c1-13(2)15-6-8-17(11-19,9-7-15)18(21)10-14(3)20(12-18)16-4-5-16/h13-16,21H,4-12,19H2,1-3H3. The lowest BCUT2D eigenvalue weighted by molar-refractivity contribution is -0.0990. The van der Waals surface area contributed by atoms with Crippen molar-refractivity contribution in [2.45, 2.75) is 83.4 Å². The van der Waals surface area contributed by atoms with Crippen LogP contribution in [-0.2, 0) is 0 Å². The van der Waals surface area contributed by atoms with Gasteiger partial charge in [0.25, 0.3) is 0 Å². The SMILES string of the molecule is CC(C)C1CCC(CN)(C2(O)CC(C)N(C3CC3)C2)CC1. The van der Waals surface area contributed by atoms with E-state index in [4.69, 9.17) is 5.73 Å². The highest BCUT2D eigenvalue weighted by Crippen LogP contribution is 2.53. The largest absolute Gasteiger partial charge is 0.388 e. The molecule has 0 aromatic carbocycles. The van der Waals surface area contributed by atoms with Gasteiger partial charge in [-0.05, 0) is 63.7 Å². The molecule has 1 aliphatic heterocycles. The van der Waals surface area contributed by atoms with Gasteiger partial charge in [-0.25, -0.2) is 0 Å². The van der Waals surface area contributed by atoms with Crippen molar-refractivity contribution in [2.24, 2.45) is 23.0 Å². The molecular weight excluding hydrogens is 260 g/mol. The molecule has 0 amide bonds. The highest BCUT2D eigenvalue weighted by Gasteiger charge is 2.57. The van der Waals surface area contributed by atoms with Crippen LogP contribution in [0.1, 0.15) is 65.7 Å². The van der Waals surface area contributed by atoms with Crippen LogP contribution in [0.15, 0.2) is 0 Å². The Bertz CT molecular complexity index is 371. The second kappa shape index (κ2) is 5.50. The van der Waals surface area contributed by atoms with Crippen molar-refractivity contribution < 1.29 is 5.11 Å². The predicted octanol–water partition coefficient (Wildman–Crippen LogP) is 2.77. The maximum absolute atomic E-state index is 11.5. The topological polar surface area (TPSA) is 49.5 Å². The van der Waals surface area contributed by atoms with E-state index in [0.29, 0.717) is 12.6 Å². The number of rotatable bonds is 4. The van der Waals surface area contributed by atoms with Crippen molar-refractivity contribution in [1.82, 2.24) is 4.90 Å². The number of likely N-dealkylation sites (tertiary alicyclic amines) is 1. The molecule has 0 bridgehead atoms. The fourth-order valence-electron chi connectivity index (χ4n) is 5.13. The van der Waals surface area contributed by atoms with Crippen LogP contribution in [-0.4, -0.2) is 40.8 Å². The van der Waals surface area contributed by atoms with Gasteiger partial charge in [-0.1, -0.05) is 13.8 Å². The van der Waals surface area contributed by atoms with Crippen LogP contribution in [0.25, 0.3) is 0 Å². The summed E-state index contributed by atoms with van der Waals surface area (Å²) in [6, 6.07) is 1.27. The van der Waals surface area contributed by atoms with Gasteiger partial charge < -0.3 is 10.8 Å². The summed E-state index contributed by atoms with van der Waals surface area (Å²) < 4.78 is 0. The Balaban J connectivity index is 1.73. The molecule has 2 atom stereocenters. The highest BCUT2D eigenvalue weighted by atomic mass is 16.3. The maximum atomic E-state index is 11.5. The van der Waals surface area contributed by atoms with Crippen molar-refractivity contribution in [3.05, 3.63) is 0 Å². The monoisotopic (exact) mass is 294 g/mol. The van der Waals surface area contributed by atoms with Gasteiger partial charge >= 0.3 is 0 Å². The molecule has 3 aliphatic rings. The Kier molecular flexibility index (Phi) is 4.13. The third kappa shape index (κ3) is 2.66. The van der Waals surface area contributed by atoms with E-state index in [9.17, 15) is 5.11 Å². The van der Waals surface area contributed by atoms with E-state index in [-0.39, 0.29) is 5.41 Å². The first kappa shape index (κ1) is 15.8. The van der Waals surface area contributed by atoms with E-state index in [1.807, 2.05) is 0 Å². The maximum Gasteiger partial charge on any atom is 0.0856 e. The van der Waals surface area contributed by atoms with E-state index in [0.717, 1.165) is 43.7 Å². The molecule has 3 fully saturated rings. The minimum absolute atomic E-state index is 0.0315. The summed E-state index contributed by atoms with van der Waals surface area (Å²) in [5, 5.41) is 11.5. The zero-order chi connectivity index (χ0) is 15.3. The average Bonchev–Trinajstić information content (AvgIpc) is 3.24. The Hall–Kier alpha value is -0.120. The lowest BCUT2D eigenvalue weighted by Gasteiger charge is -2.49. The van der Waals surface area contributed by atoms with Crippen molar-refractivity contribution in [3.63, 3.8) is 0 Å². The number of nitrogens with zero attached hydrogens (tertiary/aromatic N) is 1. The van der Waals surface area contributed by atoms with Crippen LogP contribution in [0, 0.1) is 17.3 Å². The molecule has 3 N–H and O–H groups in total. The van der Waals surface area contributed by atoms with Crippen LogP contribution in [0.4, 0.5) is 0 Å². The highest BCUT2D eigenvalue weighted by molar-refractivity contribution is 5.10. The molecule has 3 nitrogen and oxygen atoms in total. The second-order valence-corrected chi connectivity index (χ2v) is 8.55. The molecular formula is C18H34N2O. The summed E-state index contributed by atoms with van der Waals surface area (Å²) in [5.41, 5.74) is 5.65. The van der Waals surface area contributed by atoms with Crippen LogP contribution in [0.2, 0.25) is 0 Å². The molecule has 2 saturated carbocycles. The van der Waals surface area contributed by atoms with E-state index < -0.39 is 5.60 Å². The first-order chi connectivity index (χ1) is 9.91. The van der Waals surface area contributed by atoms with Gasteiger partial charge in [0.15, 0.2) is 0 Å². The van der Waals surface area contributed by atoms with E-state index >= 15 is 0 Å². The molecule has 0 spiro atoms. The zero-order valence-corrected chi connectivity index (χ0v) is 14.1. The van der Waals surface area contributed by atoms with Crippen molar-refractivity contribution in [3.8, 4) is 0 Å². The third-order valence-corrected chi connectivity index (χ3v) is 6.97. The fourth-order valence-corrected chi connectivity index (χ4v) is 5.13. The molecule has 1 saturated heterocycles. The predicted molar refractivity (Wildman–Crippen MR) is 87.0 cm³/mol. The molecule has 3 rings (SSSR count). The zero-order valence-electron chi connectivity index (χ0n) is 14.1. The van der Waals surface area contributed by atoms with Crippen LogP contribution < -0.4 is 5.73 Å². The Labute approximate surface area is 130 Å². The van der Waals surface area contributed by atoms with Gasteiger partial charge in [0.1, 0.15) is 0 Å². The number of nitrogens with two attached hydrogens (primary N) is 1. The second-order valence-electron chi connectivity index (χ2n) is 8.55. The van der Waals surface area contributed by atoms with Gasteiger partial charge in [0.2, 0.25) is 0 Å². The molecule has 1 heterocycles. The molecule has 0 radical (unpaired) electrons. The lowest BCUT2D eigenvalue weighted by atomic mass is 9.59. The van der Waals surface area contributed by atoms with E-state index in [2.05, 4.69) is 25.7 Å². The third-order valence-electron chi connectivity index (χ3n) is 6.97. The van der Waals surface area contributed by atoms with Crippen molar-refractivity contribution >= 4 is 0 Å². The summed E-state index contributed by atoms with van der Waals surface area (Å²) in [7, 11) is 0. The summed E-state index contributed by atoms with van der Waals surface area (Å²) >= 11 is 0. The van der Waals surface area contributed by atoms with Gasteiger partial charge in [-0.2, -0.15) is 0 Å². The molecule has 21 heavy (non-hydrogen) atoms. The number of β-amino-alcohol motifs (C(OH)–C–C–N with tert-alkyl or cyclic N) is 1. The minimum Gasteiger partial charge on any atom is -0.388 e. The molecule has 0 aromatic rings. The summed E-state index contributed by atoms with van der Waals surface area (Å²) in [4.78, 5) is 2.56. The Morgan fingerprint density at radius 2 is 1.81 bits per heavy atom. The molecule has 2 aliphatic carbocycles. The smallest absolute Gasteiger partial charge is 0.0856 e. The number of hydrogen-bond donors (Lipinski definition) is 2. The van der Waals surface area contributed by atoms with Gasteiger partial charge in [0, 0.05) is 30.6 Å². The molecule has 3 heteroatoms. The average molecular weight is 294 g/mol. The van der Waals surface area contributed by atoms with E-state index in [1.165, 1.54) is 25.7 Å². The number of hydrogen-bond acceptors (Lipinski definition) is 3. The van der Waals surface area contributed by atoms with Gasteiger partial charge in [-0.3, -0.25) is 4.90 Å². The number of aliphatic hydroxyl groups is 1. The minimum atomic E-state index is -0.550. The van der Waals surface area contributed by atoms with Crippen molar-refractivity contribution in [2.75, 3.05) is 13.1 Å². The summed E-state index contributed by atoms with van der Waals surface area (Å²) in [6.07, 6.45) is 8.30. The van der Waals surface area contributed by atoms with Crippen molar-refractivity contribution in [1.29, 1.82) is 0 Å². The first-order valence-corrected chi connectivity index (χ1v) is 9.09. The van der Waals surface area contributed by atoms with Crippen LogP contribution >= 0.6 is 0 Å².